The van der Waals surface area contributed by atoms with Crippen LogP contribution in [0.3, 0.4) is 0 Å². The summed E-state index contributed by atoms with van der Waals surface area (Å²) >= 11 is 0. The summed E-state index contributed by atoms with van der Waals surface area (Å²) in [6.45, 7) is 0.379. The van der Waals surface area contributed by atoms with Crippen molar-refractivity contribution in [2.75, 3.05) is 18.6 Å². The van der Waals surface area contributed by atoms with Gasteiger partial charge in [-0.2, -0.15) is 0 Å². The van der Waals surface area contributed by atoms with E-state index in [9.17, 15) is 16.8 Å². The maximum Gasteiger partial charge on any atom is 0.273 e. The smallest absolute Gasteiger partial charge is 0.273 e. The zero-order chi connectivity index (χ0) is 14.8. The number of sulfonamides is 1. The van der Waals surface area contributed by atoms with Crippen molar-refractivity contribution < 1.29 is 21.3 Å². The second-order valence-electron chi connectivity index (χ2n) is 4.74. The fraction of sp³-hybridized carbons (Fsp3) is 0.636. The lowest BCUT2D eigenvalue weighted by molar-refractivity contribution is 0.378. The third-order valence-corrected chi connectivity index (χ3v) is 6.29. The van der Waals surface area contributed by atoms with Crippen LogP contribution in [-0.2, 0) is 26.4 Å². The van der Waals surface area contributed by atoms with E-state index in [2.05, 4.69) is 10.0 Å². The lowest BCUT2D eigenvalue weighted by Gasteiger charge is -2.22. The summed E-state index contributed by atoms with van der Waals surface area (Å²) in [4.78, 5) is 0. The molecule has 0 saturated carbocycles. The molecule has 0 amide bonds. The third-order valence-electron chi connectivity index (χ3n) is 3.29. The molecule has 1 aromatic heterocycles. The van der Waals surface area contributed by atoms with E-state index in [4.69, 9.17) is 4.42 Å². The molecule has 1 saturated heterocycles. The summed E-state index contributed by atoms with van der Waals surface area (Å²) in [6, 6.07) is 3.11. The van der Waals surface area contributed by atoms with Crippen molar-refractivity contribution >= 4 is 19.9 Å². The monoisotopic (exact) mass is 322 g/mol. The van der Waals surface area contributed by atoms with Gasteiger partial charge in [-0.3, -0.25) is 0 Å². The first-order chi connectivity index (χ1) is 9.32. The normalized spacial score (nSPS) is 20.1. The lowest BCUT2D eigenvalue weighted by atomic mass is 10.1. The Morgan fingerprint density at radius 2 is 1.95 bits per heavy atom. The SMILES string of the molecule is CNS(=O)(=O)c1ccc(CNC2CCS(=O)(=O)CC2)o1. The number of nitrogens with one attached hydrogen (secondary N) is 2. The molecule has 0 aliphatic carbocycles. The first kappa shape index (κ1) is 15.5. The number of hydrogen-bond donors (Lipinski definition) is 2. The van der Waals surface area contributed by atoms with Crippen LogP contribution in [0.1, 0.15) is 18.6 Å². The second kappa shape index (κ2) is 5.84. The average Bonchev–Trinajstić information content (AvgIpc) is 2.87. The largest absolute Gasteiger partial charge is 0.447 e. The van der Waals surface area contributed by atoms with Crippen LogP contribution in [0, 0.1) is 0 Å². The molecule has 114 valence electrons. The van der Waals surface area contributed by atoms with Crippen molar-refractivity contribution in [3.63, 3.8) is 0 Å². The van der Waals surface area contributed by atoms with Gasteiger partial charge in [-0.1, -0.05) is 0 Å². The maximum atomic E-state index is 11.5. The van der Waals surface area contributed by atoms with Crippen molar-refractivity contribution in [3.05, 3.63) is 17.9 Å². The van der Waals surface area contributed by atoms with Crippen molar-refractivity contribution in [1.82, 2.24) is 10.0 Å². The molecule has 1 aliphatic rings. The molecule has 0 bridgehead atoms. The maximum absolute atomic E-state index is 11.5. The zero-order valence-corrected chi connectivity index (χ0v) is 12.8. The highest BCUT2D eigenvalue weighted by Gasteiger charge is 2.23. The van der Waals surface area contributed by atoms with Crippen molar-refractivity contribution in [3.8, 4) is 0 Å². The Morgan fingerprint density at radius 3 is 2.55 bits per heavy atom. The number of sulfone groups is 1. The van der Waals surface area contributed by atoms with E-state index in [1.54, 1.807) is 6.07 Å². The van der Waals surface area contributed by atoms with Crippen molar-refractivity contribution in [2.45, 2.75) is 30.5 Å². The quantitative estimate of drug-likeness (QED) is 0.781. The minimum absolute atomic E-state index is 0.119. The molecule has 0 atom stereocenters. The molecule has 2 heterocycles. The Labute approximate surface area is 118 Å². The van der Waals surface area contributed by atoms with Gasteiger partial charge in [-0.25, -0.2) is 21.6 Å². The molecule has 0 spiro atoms. The van der Waals surface area contributed by atoms with Gasteiger partial charge in [0.15, 0.2) is 0 Å². The highest BCUT2D eigenvalue weighted by atomic mass is 32.2. The van der Waals surface area contributed by atoms with Crippen LogP contribution in [0.4, 0.5) is 0 Å². The standard InChI is InChI=1S/C11H18N2O5S2/c1-12-20(16,17)11-3-2-10(18-11)8-13-9-4-6-19(14,15)7-5-9/h2-3,9,12-13H,4-8H2,1H3. The van der Waals surface area contributed by atoms with Gasteiger partial charge in [0.05, 0.1) is 18.1 Å². The van der Waals surface area contributed by atoms with Crippen molar-refractivity contribution in [1.29, 1.82) is 0 Å². The van der Waals surface area contributed by atoms with E-state index in [0.29, 0.717) is 25.1 Å². The van der Waals surface area contributed by atoms with Gasteiger partial charge >= 0.3 is 0 Å². The van der Waals surface area contributed by atoms with Crippen LogP contribution < -0.4 is 10.0 Å². The molecule has 0 radical (unpaired) electrons. The third kappa shape index (κ3) is 3.81. The molecule has 2 N–H and O–H groups in total. The van der Waals surface area contributed by atoms with Gasteiger partial charge in [0.2, 0.25) is 5.09 Å². The molecule has 20 heavy (non-hydrogen) atoms. The summed E-state index contributed by atoms with van der Waals surface area (Å²) in [6.07, 6.45) is 1.15. The van der Waals surface area contributed by atoms with Crippen LogP contribution in [0.5, 0.6) is 0 Å². The Balaban J connectivity index is 1.90. The summed E-state index contributed by atoms with van der Waals surface area (Å²) in [5, 5.41) is 3.06. The minimum atomic E-state index is -3.56. The molecule has 0 unspecified atom stereocenters. The topological polar surface area (TPSA) is 105 Å². The first-order valence-electron chi connectivity index (χ1n) is 6.28. The van der Waals surface area contributed by atoms with Gasteiger partial charge in [0, 0.05) is 6.04 Å². The Kier molecular flexibility index (Phi) is 4.52. The molecule has 1 aliphatic heterocycles. The number of hydrogen-bond acceptors (Lipinski definition) is 6. The van der Waals surface area contributed by atoms with Gasteiger partial charge < -0.3 is 9.73 Å². The van der Waals surface area contributed by atoms with Crippen LogP contribution in [0.15, 0.2) is 21.6 Å². The number of rotatable bonds is 5. The van der Waals surface area contributed by atoms with E-state index in [1.165, 1.54) is 13.1 Å². The summed E-state index contributed by atoms with van der Waals surface area (Å²) < 4.78 is 53.0. The molecule has 2 rings (SSSR count). The van der Waals surface area contributed by atoms with Crippen LogP contribution in [-0.4, -0.2) is 41.4 Å². The molecule has 7 nitrogen and oxygen atoms in total. The number of furan rings is 1. The van der Waals surface area contributed by atoms with Gasteiger partial charge in [-0.15, -0.1) is 0 Å². The Bertz CT molecular complexity index is 649. The van der Waals surface area contributed by atoms with E-state index in [0.717, 1.165) is 0 Å². The van der Waals surface area contributed by atoms with Crippen LogP contribution in [0.25, 0.3) is 0 Å². The van der Waals surface area contributed by atoms with Crippen LogP contribution >= 0.6 is 0 Å². The minimum Gasteiger partial charge on any atom is -0.447 e. The first-order valence-corrected chi connectivity index (χ1v) is 9.59. The fourth-order valence-electron chi connectivity index (χ4n) is 2.04. The predicted octanol–water partition coefficient (Wildman–Crippen LogP) is -0.145. The Hall–Kier alpha value is -0.900. The van der Waals surface area contributed by atoms with Gasteiger partial charge in [-0.05, 0) is 32.0 Å². The zero-order valence-electron chi connectivity index (χ0n) is 11.1. The summed E-state index contributed by atoms with van der Waals surface area (Å²) in [7, 11) is -5.11. The predicted molar refractivity (Wildman–Crippen MR) is 73.5 cm³/mol. The average molecular weight is 322 g/mol. The second-order valence-corrected chi connectivity index (χ2v) is 8.86. The van der Waals surface area contributed by atoms with Gasteiger partial charge in [0.1, 0.15) is 15.6 Å². The molecular weight excluding hydrogens is 304 g/mol. The van der Waals surface area contributed by atoms with Crippen molar-refractivity contribution in [2.24, 2.45) is 0 Å². The molecule has 0 aromatic carbocycles. The highest BCUT2D eigenvalue weighted by Crippen LogP contribution is 2.16. The molecule has 9 heteroatoms. The van der Waals surface area contributed by atoms with E-state index >= 15 is 0 Å². The summed E-state index contributed by atoms with van der Waals surface area (Å²) in [5.41, 5.74) is 0. The molecule has 1 fully saturated rings. The van der Waals surface area contributed by atoms with E-state index in [-0.39, 0.29) is 22.6 Å². The molecular formula is C11H18N2O5S2. The highest BCUT2D eigenvalue weighted by molar-refractivity contribution is 7.91. The fourth-order valence-corrected chi connectivity index (χ4v) is 4.19. The van der Waals surface area contributed by atoms with Gasteiger partial charge in [0.25, 0.3) is 10.0 Å². The van der Waals surface area contributed by atoms with Crippen LogP contribution in [0.2, 0.25) is 0 Å². The van der Waals surface area contributed by atoms with E-state index in [1.807, 2.05) is 0 Å². The molecule has 1 aromatic rings. The Morgan fingerprint density at radius 1 is 1.30 bits per heavy atom. The van der Waals surface area contributed by atoms with E-state index < -0.39 is 19.9 Å². The lowest BCUT2D eigenvalue weighted by Crippen LogP contribution is -2.37. The summed E-state index contributed by atoms with van der Waals surface area (Å²) in [5.74, 6) is 0.900.